The van der Waals surface area contributed by atoms with Crippen molar-refractivity contribution in [3.05, 3.63) is 38.0 Å². The van der Waals surface area contributed by atoms with Crippen LogP contribution in [-0.2, 0) is 33.3 Å². The molecule has 24 heavy (non-hydrogen) atoms. The van der Waals surface area contributed by atoms with Crippen molar-refractivity contribution in [2.45, 2.75) is 31.5 Å². The zero-order valence-corrected chi connectivity index (χ0v) is 14.1. The number of methoxy groups -OCH3 is 1. The first-order valence-electron chi connectivity index (χ1n) is 7.31. The van der Waals surface area contributed by atoms with Crippen molar-refractivity contribution >= 4 is 17.9 Å². The Hall–Kier alpha value is -2.41. The van der Waals surface area contributed by atoms with Crippen LogP contribution in [-0.4, -0.2) is 49.9 Å². The Labute approximate surface area is 141 Å². The summed E-state index contributed by atoms with van der Waals surface area (Å²) < 4.78 is 20.7. The van der Waals surface area contributed by atoms with Gasteiger partial charge in [-0.2, -0.15) is 0 Å². The zero-order chi connectivity index (χ0) is 18.6. The lowest BCUT2D eigenvalue weighted by atomic mass is 9.90. The molecule has 7 nitrogen and oxygen atoms in total. The molecule has 7 heteroatoms. The average Bonchev–Trinajstić information content (AvgIpc) is 2.59. The van der Waals surface area contributed by atoms with Gasteiger partial charge in [0.2, 0.25) is 0 Å². The summed E-state index contributed by atoms with van der Waals surface area (Å²) in [6.07, 6.45) is 2.87. The van der Waals surface area contributed by atoms with Crippen LogP contribution in [0.2, 0.25) is 0 Å². The number of rotatable bonds is 12. The maximum Gasteiger partial charge on any atom is 0.330 e. The minimum absolute atomic E-state index is 0.0179. The Morgan fingerprint density at radius 2 is 1.33 bits per heavy atom. The summed E-state index contributed by atoms with van der Waals surface area (Å²) in [7, 11) is 1.43. The number of carbonyl (C=O) groups excluding carboxylic acids is 3. The van der Waals surface area contributed by atoms with Gasteiger partial charge in [-0.25, -0.2) is 14.4 Å². The molecule has 0 heterocycles. The van der Waals surface area contributed by atoms with Crippen LogP contribution in [0, 0.1) is 0 Å². The fourth-order valence-corrected chi connectivity index (χ4v) is 2.00. The van der Waals surface area contributed by atoms with Crippen LogP contribution in [0.4, 0.5) is 0 Å². The first-order valence-corrected chi connectivity index (χ1v) is 7.31. The van der Waals surface area contributed by atoms with Crippen molar-refractivity contribution in [2.24, 2.45) is 0 Å². The SMILES string of the molecule is C=CC(=O)OCCC(CCOC(=O)C=C)(OC)C(C)OC(=O)C=C. The Morgan fingerprint density at radius 3 is 1.67 bits per heavy atom. The quantitative estimate of drug-likeness (QED) is 0.304. The molecule has 0 aliphatic carbocycles. The van der Waals surface area contributed by atoms with Gasteiger partial charge in [0.15, 0.2) is 0 Å². The molecule has 0 aliphatic heterocycles. The summed E-state index contributed by atoms with van der Waals surface area (Å²) in [5.74, 6) is -1.77. The molecule has 0 amide bonds. The van der Waals surface area contributed by atoms with Crippen molar-refractivity contribution < 1.29 is 33.3 Å². The van der Waals surface area contributed by atoms with Crippen LogP contribution in [0.25, 0.3) is 0 Å². The smallest absolute Gasteiger partial charge is 0.330 e. The van der Waals surface area contributed by atoms with Crippen molar-refractivity contribution in [1.29, 1.82) is 0 Å². The van der Waals surface area contributed by atoms with Crippen LogP contribution < -0.4 is 0 Å². The van der Waals surface area contributed by atoms with E-state index in [1.54, 1.807) is 6.92 Å². The van der Waals surface area contributed by atoms with Gasteiger partial charge in [0, 0.05) is 38.2 Å². The van der Waals surface area contributed by atoms with E-state index in [0.717, 1.165) is 18.2 Å². The third-order valence-electron chi connectivity index (χ3n) is 3.48. The Kier molecular flexibility index (Phi) is 10.1. The molecule has 0 N–H and O–H groups in total. The van der Waals surface area contributed by atoms with Gasteiger partial charge in [0.1, 0.15) is 11.7 Å². The van der Waals surface area contributed by atoms with Crippen LogP contribution in [0.15, 0.2) is 38.0 Å². The van der Waals surface area contributed by atoms with E-state index in [4.69, 9.17) is 18.9 Å². The average molecular weight is 340 g/mol. The second-order valence-corrected chi connectivity index (χ2v) is 4.80. The number of hydrogen-bond donors (Lipinski definition) is 0. The maximum absolute atomic E-state index is 11.4. The van der Waals surface area contributed by atoms with Crippen molar-refractivity contribution in [2.75, 3.05) is 20.3 Å². The summed E-state index contributed by atoms with van der Waals surface area (Å²) in [6, 6.07) is 0. The molecule has 0 saturated heterocycles. The number of hydrogen-bond acceptors (Lipinski definition) is 7. The van der Waals surface area contributed by atoms with Gasteiger partial charge in [-0.15, -0.1) is 0 Å². The third kappa shape index (κ3) is 7.23. The minimum Gasteiger partial charge on any atom is -0.462 e. The van der Waals surface area contributed by atoms with Crippen molar-refractivity contribution in [3.8, 4) is 0 Å². The van der Waals surface area contributed by atoms with E-state index in [9.17, 15) is 14.4 Å². The lowest BCUT2D eigenvalue weighted by Crippen LogP contribution is -2.47. The predicted molar refractivity (Wildman–Crippen MR) is 87.0 cm³/mol. The molecule has 1 unspecified atom stereocenters. The van der Waals surface area contributed by atoms with E-state index in [0.29, 0.717) is 0 Å². The molecule has 0 saturated carbocycles. The standard InChI is InChI=1S/C17H24O7/c1-6-14(18)22-11-9-17(21-5,10-12-23-15(19)7-2)13(4)24-16(20)8-3/h6-8,13H,1-3,9-12H2,4-5H3. The molecule has 0 aliphatic rings. The van der Waals surface area contributed by atoms with E-state index in [-0.39, 0.29) is 26.1 Å². The highest BCUT2D eigenvalue weighted by Gasteiger charge is 2.39. The van der Waals surface area contributed by atoms with Gasteiger partial charge in [-0.3, -0.25) is 0 Å². The second kappa shape index (κ2) is 11.2. The molecule has 0 aromatic heterocycles. The highest BCUT2D eigenvalue weighted by Crippen LogP contribution is 2.27. The van der Waals surface area contributed by atoms with Crippen LogP contribution in [0.5, 0.6) is 0 Å². The van der Waals surface area contributed by atoms with E-state index < -0.39 is 29.6 Å². The van der Waals surface area contributed by atoms with Gasteiger partial charge in [-0.05, 0) is 6.92 Å². The number of ether oxygens (including phenoxy) is 4. The first-order chi connectivity index (χ1) is 11.3. The van der Waals surface area contributed by atoms with E-state index >= 15 is 0 Å². The minimum atomic E-state index is -1.01. The first kappa shape index (κ1) is 21.6. The fourth-order valence-electron chi connectivity index (χ4n) is 2.00. The van der Waals surface area contributed by atoms with Crippen LogP contribution in [0.3, 0.4) is 0 Å². The Morgan fingerprint density at radius 1 is 0.917 bits per heavy atom. The van der Waals surface area contributed by atoms with Gasteiger partial charge >= 0.3 is 17.9 Å². The largest absolute Gasteiger partial charge is 0.462 e. The predicted octanol–water partition coefficient (Wildman–Crippen LogP) is 1.73. The number of carbonyl (C=O) groups is 3. The molecular weight excluding hydrogens is 316 g/mol. The highest BCUT2D eigenvalue weighted by atomic mass is 16.6. The van der Waals surface area contributed by atoms with Gasteiger partial charge in [0.25, 0.3) is 0 Å². The van der Waals surface area contributed by atoms with Crippen LogP contribution in [0.1, 0.15) is 19.8 Å². The molecule has 134 valence electrons. The lowest BCUT2D eigenvalue weighted by Gasteiger charge is -2.36. The van der Waals surface area contributed by atoms with Crippen molar-refractivity contribution in [3.63, 3.8) is 0 Å². The molecule has 0 radical (unpaired) electrons. The lowest BCUT2D eigenvalue weighted by molar-refractivity contribution is -0.171. The Balaban J connectivity index is 5.02. The summed E-state index contributed by atoms with van der Waals surface area (Å²) in [5.41, 5.74) is -1.01. The monoisotopic (exact) mass is 340 g/mol. The van der Waals surface area contributed by atoms with E-state index in [1.807, 2.05) is 0 Å². The summed E-state index contributed by atoms with van der Waals surface area (Å²) in [4.78, 5) is 33.8. The fraction of sp³-hybridized carbons (Fsp3) is 0.471. The molecule has 0 spiro atoms. The molecule has 0 bridgehead atoms. The van der Waals surface area contributed by atoms with Crippen LogP contribution >= 0.6 is 0 Å². The third-order valence-corrected chi connectivity index (χ3v) is 3.48. The van der Waals surface area contributed by atoms with E-state index in [2.05, 4.69) is 19.7 Å². The van der Waals surface area contributed by atoms with Gasteiger partial charge in [-0.1, -0.05) is 19.7 Å². The molecule has 0 aromatic carbocycles. The second-order valence-electron chi connectivity index (χ2n) is 4.80. The topological polar surface area (TPSA) is 88.1 Å². The maximum atomic E-state index is 11.4. The highest BCUT2D eigenvalue weighted by molar-refractivity contribution is 5.82. The van der Waals surface area contributed by atoms with Gasteiger partial charge < -0.3 is 18.9 Å². The molecular formula is C17H24O7. The molecule has 0 aromatic rings. The van der Waals surface area contributed by atoms with E-state index in [1.165, 1.54) is 7.11 Å². The summed E-state index contributed by atoms with van der Waals surface area (Å²) in [6.45, 7) is 11.6. The summed E-state index contributed by atoms with van der Waals surface area (Å²) >= 11 is 0. The molecule has 0 rings (SSSR count). The zero-order valence-electron chi connectivity index (χ0n) is 14.1. The Bertz CT molecular complexity index is 455. The molecule has 0 fully saturated rings. The van der Waals surface area contributed by atoms with Gasteiger partial charge in [0.05, 0.1) is 13.2 Å². The van der Waals surface area contributed by atoms with Crippen molar-refractivity contribution in [1.82, 2.24) is 0 Å². The summed E-state index contributed by atoms with van der Waals surface area (Å²) in [5, 5.41) is 0. The normalized spacial score (nSPS) is 11.8. The molecule has 1 atom stereocenters. The number of esters is 3.